The molecule has 0 heterocycles. The number of hydrogen-bond donors (Lipinski definition) is 2. The van der Waals surface area contributed by atoms with E-state index in [4.69, 9.17) is 0 Å². The van der Waals surface area contributed by atoms with E-state index < -0.39 is 6.92 Å². The molecule has 0 aliphatic heterocycles. The maximum Gasteiger partial charge on any atom is 0.320 e. The fourth-order valence-corrected chi connectivity index (χ4v) is 0.956. The average Bonchev–Trinajstić information content (AvgIpc) is 2.05. The van der Waals surface area contributed by atoms with Crippen LogP contribution in [0.1, 0.15) is 0 Å². The number of carbonyl (C=O) groups excluding carboxylic acids is 1. The van der Waals surface area contributed by atoms with E-state index in [1.807, 2.05) is 0 Å². The van der Waals surface area contributed by atoms with Crippen LogP contribution in [0.3, 0.4) is 0 Å². The van der Waals surface area contributed by atoms with Gasteiger partial charge in [0, 0.05) is 5.69 Å². The minimum atomic E-state index is -0.501. The molecule has 0 aliphatic rings. The van der Waals surface area contributed by atoms with Crippen LogP contribution < -0.4 is 10.8 Å². The van der Waals surface area contributed by atoms with Gasteiger partial charge >= 0.3 is 6.92 Å². The Kier molecular flexibility index (Phi) is 2.88. The second-order valence-electron chi connectivity index (χ2n) is 2.56. The standard InChI is InChI=1S/C8H10BNO2/c1-9(12)7-3-2-4-8(5-7)10-6-11/h2-6,12H,1H3,(H,10,11). The van der Waals surface area contributed by atoms with Crippen molar-refractivity contribution in [2.24, 2.45) is 0 Å². The highest BCUT2D eigenvalue weighted by Gasteiger charge is 2.05. The lowest BCUT2D eigenvalue weighted by atomic mass is 9.64. The number of benzene rings is 1. The van der Waals surface area contributed by atoms with Crippen molar-refractivity contribution in [1.82, 2.24) is 0 Å². The van der Waals surface area contributed by atoms with Gasteiger partial charge < -0.3 is 10.3 Å². The summed E-state index contributed by atoms with van der Waals surface area (Å²) in [5, 5.41) is 11.7. The van der Waals surface area contributed by atoms with E-state index in [1.165, 1.54) is 0 Å². The Morgan fingerprint density at radius 1 is 1.58 bits per heavy atom. The highest BCUT2D eigenvalue weighted by Crippen LogP contribution is 2.02. The lowest BCUT2D eigenvalue weighted by Crippen LogP contribution is -2.26. The molecule has 0 aromatic heterocycles. The first-order chi connectivity index (χ1) is 5.74. The highest BCUT2D eigenvalue weighted by molar-refractivity contribution is 6.64. The molecule has 1 rings (SSSR count). The number of hydrogen-bond acceptors (Lipinski definition) is 2. The zero-order valence-corrected chi connectivity index (χ0v) is 6.82. The van der Waals surface area contributed by atoms with Crippen LogP contribution in [0, 0.1) is 0 Å². The second-order valence-corrected chi connectivity index (χ2v) is 2.56. The van der Waals surface area contributed by atoms with E-state index in [0.29, 0.717) is 12.1 Å². The summed E-state index contributed by atoms with van der Waals surface area (Å²) in [4.78, 5) is 10.1. The lowest BCUT2D eigenvalue weighted by molar-refractivity contribution is -0.105. The zero-order valence-electron chi connectivity index (χ0n) is 6.82. The third-order valence-electron chi connectivity index (χ3n) is 1.59. The number of amides is 1. The third-order valence-corrected chi connectivity index (χ3v) is 1.59. The minimum absolute atomic E-state index is 0.501. The fraction of sp³-hybridized carbons (Fsp3) is 0.125. The minimum Gasteiger partial charge on any atom is -0.446 e. The zero-order chi connectivity index (χ0) is 8.97. The molecule has 3 nitrogen and oxygen atoms in total. The quantitative estimate of drug-likeness (QED) is 0.489. The summed E-state index contributed by atoms with van der Waals surface area (Å²) >= 11 is 0. The molecule has 0 atom stereocenters. The summed E-state index contributed by atoms with van der Waals surface area (Å²) in [7, 11) is 0. The topological polar surface area (TPSA) is 49.3 Å². The van der Waals surface area contributed by atoms with Crippen LogP contribution in [-0.2, 0) is 4.79 Å². The summed E-state index contributed by atoms with van der Waals surface area (Å²) < 4.78 is 0. The van der Waals surface area contributed by atoms with Crippen molar-refractivity contribution >= 4 is 24.5 Å². The van der Waals surface area contributed by atoms with Crippen LogP contribution in [0.15, 0.2) is 24.3 Å². The van der Waals surface area contributed by atoms with Gasteiger partial charge in [-0.25, -0.2) is 0 Å². The molecule has 1 aromatic rings. The molecule has 0 aliphatic carbocycles. The maximum absolute atomic E-state index is 10.1. The monoisotopic (exact) mass is 163 g/mol. The predicted octanol–water partition coefficient (Wildman–Crippen LogP) is 0.0755. The van der Waals surface area contributed by atoms with Gasteiger partial charge in [-0.2, -0.15) is 0 Å². The maximum atomic E-state index is 10.1. The summed E-state index contributed by atoms with van der Waals surface area (Å²) in [6, 6.07) is 7.09. The number of rotatable bonds is 3. The smallest absolute Gasteiger partial charge is 0.320 e. The molecule has 1 aromatic carbocycles. The molecule has 62 valence electrons. The fourth-order valence-electron chi connectivity index (χ4n) is 0.956. The molecule has 0 saturated heterocycles. The molecule has 0 saturated carbocycles. The van der Waals surface area contributed by atoms with Gasteiger partial charge in [0.1, 0.15) is 0 Å². The van der Waals surface area contributed by atoms with Gasteiger partial charge in [-0.15, -0.1) is 0 Å². The van der Waals surface area contributed by atoms with Gasteiger partial charge in [-0.05, 0) is 17.6 Å². The normalized spacial score (nSPS) is 9.17. The Labute approximate surface area is 71.5 Å². The van der Waals surface area contributed by atoms with Crippen LogP contribution in [-0.4, -0.2) is 18.3 Å². The van der Waals surface area contributed by atoms with Gasteiger partial charge in [-0.1, -0.05) is 19.0 Å². The number of anilines is 1. The van der Waals surface area contributed by atoms with Gasteiger partial charge in [0.2, 0.25) is 6.41 Å². The first-order valence-electron chi connectivity index (χ1n) is 3.72. The van der Waals surface area contributed by atoms with Crippen molar-refractivity contribution in [1.29, 1.82) is 0 Å². The van der Waals surface area contributed by atoms with E-state index in [2.05, 4.69) is 5.32 Å². The summed E-state index contributed by atoms with van der Waals surface area (Å²) in [6.45, 7) is 1.18. The Hall–Kier alpha value is -1.29. The molecule has 0 unspecified atom stereocenters. The van der Waals surface area contributed by atoms with Crippen molar-refractivity contribution < 1.29 is 9.82 Å². The van der Waals surface area contributed by atoms with Crippen molar-refractivity contribution in [3.8, 4) is 0 Å². The van der Waals surface area contributed by atoms with E-state index >= 15 is 0 Å². The first-order valence-corrected chi connectivity index (χ1v) is 3.72. The Bertz CT molecular complexity index is 276. The van der Waals surface area contributed by atoms with Gasteiger partial charge in [0.15, 0.2) is 0 Å². The molecular weight excluding hydrogens is 153 g/mol. The third kappa shape index (κ3) is 2.10. The predicted molar refractivity (Wildman–Crippen MR) is 49.6 cm³/mol. The molecule has 2 N–H and O–H groups in total. The lowest BCUT2D eigenvalue weighted by Gasteiger charge is -2.03. The van der Waals surface area contributed by atoms with Crippen LogP contribution in [0.2, 0.25) is 6.82 Å². The summed E-state index contributed by atoms with van der Waals surface area (Å²) in [6.07, 6.45) is 0.612. The number of carbonyl (C=O) groups is 1. The molecule has 0 bridgehead atoms. The Balaban J connectivity index is 2.87. The van der Waals surface area contributed by atoms with E-state index in [0.717, 1.165) is 5.46 Å². The summed E-state index contributed by atoms with van der Waals surface area (Å²) in [5.41, 5.74) is 1.49. The molecule has 12 heavy (non-hydrogen) atoms. The largest absolute Gasteiger partial charge is 0.446 e. The van der Waals surface area contributed by atoms with Gasteiger partial charge in [-0.3, -0.25) is 4.79 Å². The summed E-state index contributed by atoms with van der Waals surface area (Å²) in [5.74, 6) is 0. The van der Waals surface area contributed by atoms with Crippen molar-refractivity contribution in [3.63, 3.8) is 0 Å². The van der Waals surface area contributed by atoms with Crippen LogP contribution >= 0.6 is 0 Å². The second kappa shape index (κ2) is 3.92. The number of nitrogens with one attached hydrogen (secondary N) is 1. The van der Waals surface area contributed by atoms with Crippen molar-refractivity contribution in [2.75, 3.05) is 5.32 Å². The average molecular weight is 163 g/mol. The molecule has 1 amide bonds. The molecule has 0 spiro atoms. The Morgan fingerprint density at radius 3 is 2.92 bits per heavy atom. The first kappa shape index (κ1) is 8.81. The van der Waals surface area contributed by atoms with Crippen LogP contribution in [0.5, 0.6) is 0 Å². The molecule has 4 heteroatoms. The SMILES string of the molecule is CB(O)c1cccc(NC=O)c1. The molecular formula is C8H10BNO2. The highest BCUT2D eigenvalue weighted by atomic mass is 16.2. The van der Waals surface area contributed by atoms with E-state index in [9.17, 15) is 9.82 Å². The van der Waals surface area contributed by atoms with E-state index in [1.54, 1.807) is 31.1 Å². The van der Waals surface area contributed by atoms with Crippen molar-refractivity contribution in [3.05, 3.63) is 24.3 Å². The van der Waals surface area contributed by atoms with E-state index in [-0.39, 0.29) is 0 Å². The van der Waals surface area contributed by atoms with Gasteiger partial charge in [0.05, 0.1) is 0 Å². The molecule has 0 radical (unpaired) electrons. The van der Waals surface area contributed by atoms with Crippen molar-refractivity contribution in [2.45, 2.75) is 6.82 Å². The van der Waals surface area contributed by atoms with Gasteiger partial charge in [0.25, 0.3) is 0 Å². The van der Waals surface area contributed by atoms with Crippen LogP contribution in [0.25, 0.3) is 0 Å². The Morgan fingerprint density at radius 2 is 2.33 bits per heavy atom. The molecule has 0 fully saturated rings. The van der Waals surface area contributed by atoms with Crippen LogP contribution in [0.4, 0.5) is 5.69 Å².